The zero-order valence-electron chi connectivity index (χ0n) is 11.5. The topological polar surface area (TPSA) is 46.6 Å². The van der Waals surface area contributed by atoms with Gasteiger partial charge in [0.15, 0.2) is 0 Å². The SMILES string of the molecule is COC(=O)CCCCCN1C(=O)CSC1c1ccsc1. The summed E-state index contributed by atoms with van der Waals surface area (Å²) >= 11 is 3.36. The molecule has 1 unspecified atom stereocenters. The van der Waals surface area contributed by atoms with Crippen LogP contribution in [0.3, 0.4) is 0 Å². The van der Waals surface area contributed by atoms with Crippen LogP contribution in [-0.2, 0) is 14.3 Å². The fourth-order valence-electron chi connectivity index (χ4n) is 2.22. The summed E-state index contributed by atoms with van der Waals surface area (Å²) in [5.41, 5.74) is 1.22. The number of nitrogens with zero attached hydrogens (tertiary/aromatic N) is 1. The van der Waals surface area contributed by atoms with Gasteiger partial charge in [0.1, 0.15) is 5.37 Å². The fraction of sp³-hybridized carbons (Fsp3) is 0.571. The van der Waals surface area contributed by atoms with Gasteiger partial charge in [0.2, 0.25) is 5.91 Å². The summed E-state index contributed by atoms with van der Waals surface area (Å²) in [4.78, 5) is 24.9. The lowest BCUT2D eigenvalue weighted by atomic mass is 10.2. The van der Waals surface area contributed by atoms with E-state index in [4.69, 9.17) is 0 Å². The molecular weight excluding hydrogens is 294 g/mol. The molecule has 1 aliphatic rings. The molecule has 1 amide bonds. The van der Waals surface area contributed by atoms with E-state index in [2.05, 4.69) is 16.2 Å². The Kier molecular flexibility index (Phi) is 5.91. The highest BCUT2D eigenvalue weighted by atomic mass is 32.2. The van der Waals surface area contributed by atoms with Gasteiger partial charge in [-0.1, -0.05) is 6.42 Å². The predicted octanol–water partition coefficient (Wildman–Crippen LogP) is 3.06. The van der Waals surface area contributed by atoms with Gasteiger partial charge in [-0.05, 0) is 35.2 Å². The van der Waals surface area contributed by atoms with Crippen LogP contribution in [0.5, 0.6) is 0 Å². The van der Waals surface area contributed by atoms with E-state index in [9.17, 15) is 9.59 Å². The number of carbonyl (C=O) groups excluding carboxylic acids is 2. The maximum absolute atomic E-state index is 11.9. The molecule has 2 rings (SSSR count). The van der Waals surface area contributed by atoms with Gasteiger partial charge < -0.3 is 9.64 Å². The zero-order valence-corrected chi connectivity index (χ0v) is 13.2. The Morgan fingerprint density at radius 2 is 2.30 bits per heavy atom. The standard InChI is InChI=1S/C14H19NO3S2/c1-18-13(17)5-3-2-4-7-15-12(16)10-20-14(15)11-6-8-19-9-11/h6,8-9,14H,2-5,7,10H2,1H3. The van der Waals surface area contributed by atoms with Crippen molar-refractivity contribution < 1.29 is 14.3 Å². The number of methoxy groups -OCH3 is 1. The molecule has 0 radical (unpaired) electrons. The van der Waals surface area contributed by atoms with Crippen molar-refractivity contribution in [3.05, 3.63) is 22.4 Å². The summed E-state index contributed by atoms with van der Waals surface area (Å²) < 4.78 is 4.61. The lowest BCUT2D eigenvalue weighted by molar-refractivity contribution is -0.140. The Balaban J connectivity index is 1.75. The molecule has 1 aromatic rings. The Morgan fingerprint density at radius 3 is 3.00 bits per heavy atom. The van der Waals surface area contributed by atoms with Crippen molar-refractivity contribution >= 4 is 35.0 Å². The van der Waals surface area contributed by atoms with Crippen LogP contribution in [0, 0.1) is 0 Å². The van der Waals surface area contributed by atoms with Crippen LogP contribution in [0.15, 0.2) is 16.8 Å². The molecule has 6 heteroatoms. The van der Waals surface area contributed by atoms with Gasteiger partial charge in [0, 0.05) is 13.0 Å². The Bertz CT molecular complexity index is 447. The molecular formula is C14H19NO3S2. The first-order valence-electron chi connectivity index (χ1n) is 6.72. The largest absolute Gasteiger partial charge is 0.469 e. The highest BCUT2D eigenvalue weighted by Crippen LogP contribution is 2.39. The number of hydrogen-bond acceptors (Lipinski definition) is 5. The minimum absolute atomic E-state index is 0.158. The van der Waals surface area contributed by atoms with E-state index in [1.54, 1.807) is 23.1 Å². The Hall–Kier alpha value is -1.01. The molecule has 20 heavy (non-hydrogen) atoms. The minimum Gasteiger partial charge on any atom is -0.469 e. The molecule has 1 fully saturated rings. The Morgan fingerprint density at radius 1 is 1.45 bits per heavy atom. The van der Waals surface area contributed by atoms with Crippen LogP contribution >= 0.6 is 23.1 Å². The highest BCUT2D eigenvalue weighted by molar-refractivity contribution is 8.00. The molecule has 1 atom stereocenters. The van der Waals surface area contributed by atoms with Crippen LogP contribution in [0.25, 0.3) is 0 Å². The van der Waals surface area contributed by atoms with Crippen LogP contribution in [0.2, 0.25) is 0 Å². The van der Waals surface area contributed by atoms with Gasteiger partial charge in [-0.15, -0.1) is 11.8 Å². The van der Waals surface area contributed by atoms with Gasteiger partial charge in [0.05, 0.1) is 12.9 Å². The summed E-state index contributed by atoms with van der Waals surface area (Å²) in [7, 11) is 1.41. The number of amides is 1. The quantitative estimate of drug-likeness (QED) is 0.573. The van der Waals surface area contributed by atoms with Crippen molar-refractivity contribution in [2.24, 2.45) is 0 Å². The molecule has 1 aromatic heterocycles. The van der Waals surface area contributed by atoms with Crippen molar-refractivity contribution in [2.75, 3.05) is 19.4 Å². The van der Waals surface area contributed by atoms with Crippen LogP contribution < -0.4 is 0 Å². The average Bonchev–Trinajstić information content (AvgIpc) is 3.08. The molecule has 4 nitrogen and oxygen atoms in total. The number of rotatable bonds is 7. The maximum Gasteiger partial charge on any atom is 0.305 e. The number of thioether (sulfide) groups is 1. The number of unbranched alkanes of at least 4 members (excludes halogenated alkanes) is 2. The third kappa shape index (κ3) is 3.99. The van der Waals surface area contributed by atoms with Crippen LogP contribution in [-0.4, -0.2) is 36.2 Å². The van der Waals surface area contributed by atoms with Crippen LogP contribution in [0.4, 0.5) is 0 Å². The second-order valence-corrected chi connectivity index (χ2v) is 6.54. The second kappa shape index (κ2) is 7.69. The first-order valence-corrected chi connectivity index (χ1v) is 8.71. The first kappa shape index (κ1) is 15.4. The summed E-state index contributed by atoms with van der Waals surface area (Å²) in [6.07, 6.45) is 3.17. The lowest BCUT2D eigenvalue weighted by Gasteiger charge is -2.23. The molecule has 1 aliphatic heterocycles. The smallest absolute Gasteiger partial charge is 0.305 e. The summed E-state index contributed by atoms with van der Waals surface area (Å²) in [5.74, 6) is 0.635. The van der Waals surface area contributed by atoms with Gasteiger partial charge in [0.25, 0.3) is 0 Å². The zero-order chi connectivity index (χ0) is 14.4. The van der Waals surface area contributed by atoms with Gasteiger partial charge in [-0.3, -0.25) is 9.59 Å². The number of ether oxygens (including phenoxy) is 1. The molecule has 0 saturated carbocycles. The number of carbonyl (C=O) groups is 2. The van der Waals surface area contributed by atoms with Gasteiger partial charge >= 0.3 is 5.97 Å². The van der Waals surface area contributed by atoms with E-state index >= 15 is 0 Å². The molecule has 0 spiro atoms. The normalized spacial score (nSPS) is 18.6. The van der Waals surface area contributed by atoms with E-state index in [1.165, 1.54) is 12.7 Å². The lowest BCUT2D eigenvalue weighted by Crippen LogP contribution is -2.29. The summed E-state index contributed by atoms with van der Waals surface area (Å²) in [6.45, 7) is 0.771. The molecule has 0 bridgehead atoms. The number of hydrogen-bond donors (Lipinski definition) is 0. The van der Waals surface area contributed by atoms with E-state index in [0.29, 0.717) is 12.2 Å². The molecule has 0 N–H and O–H groups in total. The second-order valence-electron chi connectivity index (χ2n) is 4.69. The van der Waals surface area contributed by atoms with E-state index < -0.39 is 0 Å². The van der Waals surface area contributed by atoms with Crippen molar-refractivity contribution in [2.45, 2.75) is 31.1 Å². The molecule has 2 heterocycles. The van der Waals surface area contributed by atoms with Crippen LogP contribution in [0.1, 0.15) is 36.6 Å². The van der Waals surface area contributed by atoms with Gasteiger partial charge in [-0.2, -0.15) is 11.3 Å². The molecule has 1 saturated heterocycles. The average molecular weight is 313 g/mol. The van der Waals surface area contributed by atoms with Gasteiger partial charge in [-0.25, -0.2) is 0 Å². The first-order chi connectivity index (χ1) is 9.72. The number of thiophene rings is 1. The van der Waals surface area contributed by atoms with Crippen molar-refractivity contribution in [1.29, 1.82) is 0 Å². The van der Waals surface area contributed by atoms with Crippen molar-refractivity contribution in [1.82, 2.24) is 4.90 Å². The highest BCUT2D eigenvalue weighted by Gasteiger charge is 2.32. The van der Waals surface area contributed by atoms with Crippen molar-refractivity contribution in [3.8, 4) is 0 Å². The minimum atomic E-state index is -0.158. The van der Waals surface area contributed by atoms with E-state index in [1.807, 2.05) is 10.3 Å². The predicted molar refractivity (Wildman–Crippen MR) is 81.7 cm³/mol. The summed E-state index contributed by atoms with van der Waals surface area (Å²) in [6, 6.07) is 2.09. The molecule has 110 valence electrons. The van der Waals surface area contributed by atoms with Crippen molar-refractivity contribution in [3.63, 3.8) is 0 Å². The fourth-order valence-corrected chi connectivity index (χ4v) is 4.19. The molecule has 0 aliphatic carbocycles. The molecule has 0 aromatic carbocycles. The number of esters is 1. The van der Waals surface area contributed by atoms with E-state index in [0.717, 1.165) is 25.8 Å². The third-order valence-corrected chi connectivity index (χ3v) is 5.26. The summed E-state index contributed by atoms with van der Waals surface area (Å²) in [5, 5.41) is 4.34. The maximum atomic E-state index is 11.9. The van der Waals surface area contributed by atoms with E-state index in [-0.39, 0.29) is 17.3 Å². The monoisotopic (exact) mass is 313 g/mol. The Labute approximate surface area is 127 Å². The third-order valence-electron chi connectivity index (χ3n) is 3.30.